The molecule has 0 aliphatic carbocycles. The number of aryl methyl sites for hydroxylation is 1. The SMILES string of the molecule is Cc1nnc(CN=C(NCCN2CCOCC2)N2CCC(c3ccccc3)C(C)C2)n1C.I. The molecule has 0 saturated carbocycles. The van der Waals surface area contributed by atoms with E-state index in [9.17, 15) is 0 Å². The maximum atomic E-state index is 5.47. The lowest BCUT2D eigenvalue weighted by atomic mass is 9.82. The standard InChI is InChI=1S/C24H37N7O.HI/c1-19-18-31(11-9-22(19)21-7-5-4-6-8-21)24(25-10-12-30-13-15-32-16-14-30)26-17-23-28-27-20(2)29(23)3;/h4-8,19,22H,9-18H2,1-3H3,(H,25,26);1H. The summed E-state index contributed by atoms with van der Waals surface area (Å²) >= 11 is 0. The van der Waals surface area contributed by atoms with Crippen molar-refractivity contribution in [1.29, 1.82) is 0 Å². The van der Waals surface area contributed by atoms with Crippen LogP contribution < -0.4 is 5.32 Å². The van der Waals surface area contributed by atoms with E-state index < -0.39 is 0 Å². The molecule has 0 spiro atoms. The number of nitrogens with zero attached hydrogens (tertiary/aromatic N) is 6. The van der Waals surface area contributed by atoms with Crippen molar-refractivity contribution < 1.29 is 4.74 Å². The highest BCUT2D eigenvalue weighted by Gasteiger charge is 2.29. The van der Waals surface area contributed by atoms with Crippen LogP contribution in [0.5, 0.6) is 0 Å². The molecule has 9 heteroatoms. The number of halogens is 1. The number of piperidine rings is 1. The first kappa shape index (κ1) is 25.9. The van der Waals surface area contributed by atoms with Crippen molar-refractivity contribution in [3.05, 3.63) is 47.5 Å². The highest BCUT2D eigenvalue weighted by atomic mass is 127. The van der Waals surface area contributed by atoms with Crippen LogP contribution in [-0.4, -0.2) is 83.0 Å². The summed E-state index contributed by atoms with van der Waals surface area (Å²) in [4.78, 5) is 9.84. The van der Waals surface area contributed by atoms with Crippen LogP contribution >= 0.6 is 24.0 Å². The summed E-state index contributed by atoms with van der Waals surface area (Å²) in [6.45, 7) is 12.4. The van der Waals surface area contributed by atoms with Crippen molar-refractivity contribution in [2.24, 2.45) is 18.0 Å². The van der Waals surface area contributed by atoms with Crippen molar-refractivity contribution in [3.63, 3.8) is 0 Å². The molecule has 3 heterocycles. The normalized spacial score (nSPS) is 22.2. The van der Waals surface area contributed by atoms with Gasteiger partial charge in [0.1, 0.15) is 12.4 Å². The van der Waals surface area contributed by atoms with E-state index in [2.05, 4.69) is 62.6 Å². The Hall–Kier alpha value is -1.72. The highest BCUT2D eigenvalue weighted by molar-refractivity contribution is 14.0. The van der Waals surface area contributed by atoms with Gasteiger partial charge < -0.3 is 19.5 Å². The third-order valence-corrected chi connectivity index (χ3v) is 6.80. The first-order valence-electron chi connectivity index (χ1n) is 11.8. The average Bonchev–Trinajstić information content (AvgIpc) is 3.14. The molecule has 0 amide bonds. The number of benzene rings is 1. The van der Waals surface area contributed by atoms with E-state index in [0.717, 1.165) is 76.5 Å². The molecule has 2 unspecified atom stereocenters. The number of hydrogen-bond donors (Lipinski definition) is 1. The smallest absolute Gasteiger partial charge is 0.194 e. The maximum Gasteiger partial charge on any atom is 0.194 e. The van der Waals surface area contributed by atoms with Crippen molar-refractivity contribution in [2.45, 2.75) is 32.7 Å². The van der Waals surface area contributed by atoms with Gasteiger partial charge in [0.15, 0.2) is 11.8 Å². The predicted octanol–water partition coefficient (Wildman–Crippen LogP) is 2.64. The number of likely N-dealkylation sites (tertiary alicyclic amines) is 1. The molecule has 2 aliphatic heterocycles. The summed E-state index contributed by atoms with van der Waals surface area (Å²) in [5.41, 5.74) is 1.45. The summed E-state index contributed by atoms with van der Waals surface area (Å²) in [5.74, 6) is 3.95. The number of aromatic nitrogens is 3. The molecule has 2 aromatic rings. The van der Waals surface area contributed by atoms with Gasteiger partial charge in [-0.25, -0.2) is 4.99 Å². The van der Waals surface area contributed by atoms with Crippen LogP contribution in [0.1, 0.15) is 36.5 Å². The molecule has 2 fully saturated rings. The van der Waals surface area contributed by atoms with E-state index in [0.29, 0.717) is 18.4 Å². The van der Waals surface area contributed by atoms with Gasteiger partial charge in [0.05, 0.1) is 13.2 Å². The molecule has 1 aromatic carbocycles. The summed E-state index contributed by atoms with van der Waals surface area (Å²) in [7, 11) is 2.00. The Bertz CT molecular complexity index is 882. The zero-order chi connectivity index (χ0) is 22.3. The second-order valence-electron chi connectivity index (χ2n) is 8.97. The van der Waals surface area contributed by atoms with E-state index >= 15 is 0 Å². The summed E-state index contributed by atoms with van der Waals surface area (Å²) < 4.78 is 7.49. The van der Waals surface area contributed by atoms with Gasteiger partial charge in [-0.15, -0.1) is 34.2 Å². The van der Waals surface area contributed by atoms with Gasteiger partial charge in [-0.1, -0.05) is 37.3 Å². The third-order valence-electron chi connectivity index (χ3n) is 6.80. The first-order valence-corrected chi connectivity index (χ1v) is 11.8. The number of morpholine rings is 1. The summed E-state index contributed by atoms with van der Waals surface area (Å²) in [6.07, 6.45) is 1.14. The third kappa shape index (κ3) is 6.89. The zero-order valence-electron chi connectivity index (χ0n) is 20.1. The zero-order valence-corrected chi connectivity index (χ0v) is 22.4. The largest absolute Gasteiger partial charge is 0.379 e. The van der Waals surface area contributed by atoms with Crippen LogP contribution in [0.2, 0.25) is 0 Å². The van der Waals surface area contributed by atoms with Gasteiger partial charge in [0.25, 0.3) is 0 Å². The number of hydrogen-bond acceptors (Lipinski definition) is 5. The molecular formula is C24H38IN7O. The fourth-order valence-electron chi connectivity index (χ4n) is 4.69. The lowest BCUT2D eigenvalue weighted by Gasteiger charge is -2.39. The minimum atomic E-state index is 0. The second-order valence-corrected chi connectivity index (χ2v) is 8.97. The Labute approximate surface area is 214 Å². The molecule has 182 valence electrons. The lowest BCUT2D eigenvalue weighted by molar-refractivity contribution is 0.0388. The van der Waals surface area contributed by atoms with E-state index in [4.69, 9.17) is 9.73 Å². The summed E-state index contributed by atoms with van der Waals surface area (Å²) in [5, 5.41) is 12.1. The van der Waals surface area contributed by atoms with Crippen molar-refractivity contribution in [2.75, 3.05) is 52.5 Å². The van der Waals surface area contributed by atoms with Gasteiger partial charge in [0, 0.05) is 46.3 Å². The molecule has 0 radical (unpaired) electrons. The second kappa shape index (κ2) is 12.7. The monoisotopic (exact) mass is 567 g/mol. The maximum absolute atomic E-state index is 5.47. The predicted molar refractivity (Wildman–Crippen MR) is 142 cm³/mol. The van der Waals surface area contributed by atoms with Gasteiger partial charge in [0.2, 0.25) is 0 Å². The fraction of sp³-hybridized carbons (Fsp3) is 0.625. The van der Waals surface area contributed by atoms with E-state index in [1.165, 1.54) is 5.56 Å². The molecule has 2 saturated heterocycles. The number of nitrogens with one attached hydrogen (secondary N) is 1. The van der Waals surface area contributed by atoms with Crippen LogP contribution in [0.4, 0.5) is 0 Å². The van der Waals surface area contributed by atoms with Gasteiger partial charge in [-0.3, -0.25) is 4.90 Å². The van der Waals surface area contributed by atoms with Gasteiger partial charge in [-0.05, 0) is 30.7 Å². The Balaban J connectivity index is 0.00000306. The fourth-order valence-corrected chi connectivity index (χ4v) is 4.69. The topological polar surface area (TPSA) is 70.8 Å². The number of ether oxygens (including phenoxy) is 1. The Morgan fingerprint density at radius 1 is 1.15 bits per heavy atom. The van der Waals surface area contributed by atoms with E-state index in [1.807, 2.05) is 18.5 Å². The van der Waals surface area contributed by atoms with Crippen LogP contribution in [-0.2, 0) is 18.3 Å². The molecule has 2 aliphatic rings. The Kier molecular flexibility index (Phi) is 9.94. The Morgan fingerprint density at radius 2 is 1.91 bits per heavy atom. The number of guanidine groups is 1. The van der Waals surface area contributed by atoms with Crippen LogP contribution in [0.25, 0.3) is 0 Å². The van der Waals surface area contributed by atoms with E-state index in [-0.39, 0.29) is 24.0 Å². The number of aliphatic imine (C=N–C) groups is 1. The molecular weight excluding hydrogens is 529 g/mol. The first-order chi connectivity index (χ1) is 15.6. The molecule has 1 aromatic heterocycles. The minimum Gasteiger partial charge on any atom is -0.379 e. The lowest BCUT2D eigenvalue weighted by Crippen LogP contribution is -2.50. The quantitative estimate of drug-likeness (QED) is 0.329. The van der Waals surface area contributed by atoms with E-state index in [1.54, 1.807) is 0 Å². The van der Waals surface area contributed by atoms with Crippen molar-refractivity contribution >= 4 is 29.9 Å². The van der Waals surface area contributed by atoms with Gasteiger partial charge >= 0.3 is 0 Å². The molecule has 1 N–H and O–H groups in total. The van der Waals surface area contributed by atoms with Crippen molar-refractivity contribution in [1.82, 2.24) is 29.9 Å². The molecule has 4 rings (SSSR count). The minimum absolute atomic E-state index is 0. The molecule has 33 heavy (non-hydrogen) atoms. The van der Waals surface area contributed by atoms with Crippen LogP contribution in [0.15, 0.2) is 35.3 Å². The highest BCUT2D eigenvalue weighted by Crippen LogP contribution is 2.32. The van der Waals surface area contributed by atoms with Gasteiger partial charge in [-0.2, -0.15) is 0 Å². The average molecular weight is 568 g/mol. The van der Waals surface area contributed by atoms with Crippen LogP contribution in [0, 0.1) is 12.8 Å². The summed E-state index contributed by atoms with van der Waals surface area (Å²) in [6, 6.07) is 10.9. The molecule has 8 nitrogen and oxygen atoms in total. The molecule has 2 atom stereocenters. The number of rotatable bonds is 6. The molecule has 0 bridgehead atoms. The van der Waals surface area contributed by atoms with Crippen LogP contribution in [0.3, 0.4) is 0 Å². The van der Waals surface area contributed by atoms with Crippen molar-refractivity contribution in [3.8, 4) is 0 Å². The Morgan fingerprint density at radius 3 is 2.58 bits per heavy atom.